The van der Waals surface area contributed by atoms with E-state index in [1.807, 2.05) is 6.92 Å². The van der Waals surface area contributed by atoms with Crippen molar-refractivity contribution in [3.63, 3.8) is 0 Å². The second kappa shape index (κ2) is 6.74. The number of carbonyl (C=O) groups is 1. The van der Waals surface area contributed by atoms with Gasteiger partial charge >= 0.3 is 0 Å². The van der Waals surface area contributed by atoms with Gasteiger partial charge in [-0.05, 0) is 64.2 Å². The fraction of sp³-hybridized carbons (Fsp3) is 0.938. The lowest BCUT2D eigenvalue weighted by Crippen LogP contribution is -2.48. The molecule has 1 aliphatic heterocycles. The Morgan fingerprint density at radius 1 is 1.21 bits per heavy atom. The van der Waals surface area contributed by atoms with Crippen molar-refractivity contribution in [2.45, 2.75) is 77.4 Å². The molecule has 2 fully saturated rings. The van der Waals surface area contributed by atoms with Gasteiger partial charge in [0.1, 0.15) is 0 Å². The first-order valence-corrected chi connectivity index (χ1v) is 8.06. The van der Waals surface area contributed by atoms with Crippen LogP contribution in [0.1, 0.15) is 65.2 Å². The van der Waals surface area contributed by atoms with Crippen LogP contribution in [0, 0.1) is 11.8 Å². The van der Waals surface area contributed by atoms with Gasteiger partial charge in [-0.2, -0.15) is 0 Å². The molecule has 0 aromatic heterocycles. The molecule has 0 aromatic carbocycles. The molecule has 1 heterocycles. The van der Waals surface area contributed by atoms with Gasteiger partial charge in [0.05, 0.1) is 6.10 Å². The van der Waals surface area contributed by atoms with E-state index < -0.39 is 0 Å². The minimum absolute atomic E-state index is 0.255. The number of rotatable bonds is 3. The first kappa shape index (κ1) is 14.8. The molecule has 1 N–H and O–H groups in total. The highest BCUT2D eigenvalue weighted by Gasteiger charge is 2.33. The van der Waals surface area contributed by atoms with Crippen molar-refractivity contribution in [1.82, 2.24) is 4.90 Å². The molecule has 2 atom stereocenters. The fourth-order valence-corrected chi connectivity index (χ4v) is 3.67. The van der Waals surface area contributed by atoms with Crippen LogP contribution in [-0.4, -0.2) is 34.6 Å². The Morgan fingerprint density at radius 2 is 1.89 bits per heavy atom. The molecule has 1 aliphatic carbocycles. The van der Waals surface area contributed by atoms with Crippen LogP contribution in [0.3, 0.4) is 0 Å². The van der Waals surface area contributed by atoms with Crippen LogP contribution in [0.25, 0.3) is 0 Å². The molecule has 3 nitrogen and oxygen atoms in total. The van der Waals surface area contributed by atoms with E-state index in [-0.39, 0.29) is 18.1 Å². The van der Waals surface area contributed by atoms with Crippen molar-refractivity contribution in [1.29, 1.82) is 0 Å². The Kier molecular flexibility index (Phi) is 5.26. The van der Waals surface area contributed by atoms with Crippen molar-refractivity contribution < 1.29 is 9.90 Å². The molecule has 2 aliphatic rings. The number of aliphatic hydroxyl groups is 1. The van der Waals surface area contributed by atoms with Crippen molar-refractivity contribution in [3.05, 3.63) is 0 Å². The average molecular weight is 267 g/mol. The van der Waals surface area contributed by atoms with E-state index in [0.717, 1.165) is 44.6 Å². The van der Waals surface area contributed by atoms with E-state index >= 15 is 0 Å². The first-order chi connectivity index (χ1) is 9.08. The number of likely N-dealkylation sites (tertiary alicyclic amines) is 1. The van der Waals surface area contributed by atoms with E-state index in [4.69, 9.17) is 0 Å². The van der Waals surface area contributed by atoms with Gasteiger partial charge in [0, 0.05) is 18.5 Å². The fourth-order valence-electron chi connectivity index (χ4n) is 3.67. The third-order valence-electron chi connectivity index (χ3n) is 4.89. The Bertz CT molecular complexity index is 295. The molecule has 1 amide bonds. The van der Waals surface area contributed by atoms with Crippen LogP contribution in [-0.2, 0) is 4.79 Å². The first-order valence-electron chi connectivity index (χ1n) is 8.06. The number of aliphatic hydroxyl groups excluding tert-OH is 1. The highest BCUT2D eigenvalue weighted by Crippen LogP contribution is 2.32. The maximum atomic E-state index is 12.7. The zero-order chi connectivity index (χ0) is 13.8. The van der Waals surface area contributed by atoms with E-state index in [2.05, 4.69) is 11.8 Å². The SMILES string of the molecule is CC(O)CC1CCCCN1C(=O)C1CCC(C)CC1. The molecule has 1 saturated heterocycles. The monoisotopic (exact) mass is 267 g/mol. The summed E-state index contributed by atoms with van der Waals surface area (Å²) in [7, 11) is 0. The molecular formula is C16H29NO2. The van der Waals surface area contributed by atoms with Gasteiger partial charge in [0.2, 0.25) is 5.91 Å². The van der Waals surface area contributed by atoms with Crippen molar-refractivity contribution in [3.8, 4) is 0 Å². The summed E-state index contributed by atoms with van der Waals surface area (Å²) < 4.78 is 0. The molecule has 1 saturated carbocycles. The molecule has 110 valence electrons. The Morgan fingerprint density at radius 3 is 2.53 bits per heavy atom. The van der Waals surface area contributed by atoms with Crippen molar-refractivity contribution in [2.75, 3.05) is 6.54 Å². The summed E-state index contributed by atoms with van der Waals surface area (Å²) in [6, 6.07) is 0.278. The van der Waals surface area contributed by atoms with Gasteiger partial charge in [-0.25, -0.2) is 0 Å². The summed E-state index contributed by atoms with van der Waals surface area (Å²) in [6.07, 6.45) is 8.37. The van der Waals surface area contributed by atoms with Gasteiger partial charge < -0.3 is 10.0 Å². The Hall–Kier alpha value is -0.570. The standard InChI is InChI=1S/C16H29NO2/c1-12-6-8-14(9-7-12)16(19)17-10-4-3-5-15(17)11-13(2)18/h12-15,18H,3-11H2,1-2H3. The molecule has 2 unspecified atom stereocenters. The smallest absolute Gasteiger partial charge is 0.225 e. The summed E-state index contributed by atoms with van der Waals surface area (Å²) in [6.45, 7) is 5.03. The largest absolute Gasteiger partial charge is 0.393 e. The molecule has 0 spiro atoms. The van der Waals surface area contributed by atoms with Gasteiger partial charge in [-0.1, -0.05) is 6.92 Å². The van der Waals surface area contributed by atoms with Gasteiger partial charge in [-0.15, -0.1) is 0 Å². The summed E-state index contributed by atoms with van der Waals surface area (Å²) in [5, 5.41) is 9.61. The third kappa shape index (κ3) is 3.95. The number of nitrogens with zero attached hydrogens (tertiary/aromatic N) is 1. The highest BCUT2D eigenvalue weighted by atomic mass is 16.3. The molecule has 0 radical (unpaired) electrons. The lowest BCUT2D eigenvalue weighted by molar-refractivity contribution is -0.141. The number of hydrogen-bond acceptors (Lipinski definition) is 2. The second-order valence-electron chi connectivity index (χ2n) is 6.72. The topological polar surface area (TPSA) is 40.5 Å². The summed E-state index contributed by atoms with van der Waals surface area (Å²) in [4.78, 5) is 14.8. The number of piperidine rings is 1. The molecule has 3 heteroatoms. The van der Waals surface area contributed by atoms with Crippen molar-refractivity contribution >= 4 is 5.91 Å². The minimum atomic E-state index is -0.301. The zero-order valence-electron chi connectivity index (χ0n) is 12.5. The quantitative estimate of drug-likeness (QED) is 0.854. The van der Waals surface area contributed by atoms with Crippen LogP contribution in [0.5, 0.6) is 0 Å². The molecule has 0 bridgehead atoms. The van der Waals surface area contributed by atoms with Gasteiger partial charge in [0.15, 0.2) is 0 Å². The van der Waals surface area contributed by atoms with Crippen LogP contribution in [0.15, 0.2) is 0 Å². The van der Waals surface area contributed by atoms with Gasteiger partial charge in [-0.3, -0.25) is 4.79 Å². The van der Waals surface area contributed by atoms with Crippen LogP contribution in [0.2, 0.25) is 0 Å². The number of hydrogen-bond donors (Lipinski definition) is 1. The summed E-state index contributed by atoms with van der Waals surface area (Å²) in [5.74, 6) is 1.42. The molecule has 2 rings (SSSR count). The summed E-state index contributed by atoms with van der Waals surface area (Å²) in [5.41, 5.74) is 0. The predicted octanol–water partition coefficient (Wildman–Crippen LogP) is 2.96. The average Bonchev–Trinajstić information content (AvgIpc) is 2.39. The summed E-state index contributed by atoms with van der Waals surface area (Å²) >= 11 is 0. The zero-order valence-corrected chi connectivity index (χ0v) is 12.5. The van der Waals surface area contributed by atoms with E-state index in [9.17, 15) is 9.90 Å². The molecule has 19 heavy (non-hydrogen) atoms. The van der Waals surface area contributed by atoms with Crippen LogP contribution < -0.4 is 0 Å². The van der Waals surface area contributed by atoms with E-state index in [0.29, 0.717) is 5.91 Å². The minimum Gasteiger partial charge on any atom is -0.393 e. The number of amides is 1. The lowest BCUT2D eigenvalue weighted by Gasteiger charge is -2.39. The maximum Gasteiger partial charge on any atom is 0.225 e. The third-order valence-corrected chi connectivity index (χ3v) is 4.89. The van der Waals surface area contributed by atoms with E-state index in [1.165, 1.54) is 19.3 Å². The molecule has 0 aromatic rings. The number of carbonyl (C=O) groups excluding carboxylic acids is 1. The Labute approximate surface area is 117 Å². The lowest BCUT2D eigenvalue weighted by atomic mass is 9.81. The van der Waals surface area contributed by atoms with Crippen LogP contribution in [0.4, 0.5) is 0 Å². The highest BCUT2D eigenvalue weighted by molar-refractivity contribution is 5.79. The van der Waals surface area contributed by atoms with Crippen LogP contribution >= 0.6 is 0 Å². The van der Waals surface area contributed by atoms with Crippen molar-refractivity contribution in [2.24, 2.45) is 11.8 Å². The Balaban J connectivity index is 1.95. The molecular weight excluding hydrogens is 238 g/mol. The normalized spacial score (nSPS) is 34.1. The van der Waals surface area contributed by atoms with Gasteiger partial charge in [0.25, 0.3) is 0 Å². The second-order valence-corrected chi connectivity index (χ2v) is 6.72. The van der Waals surface area contributed by atoms with E-state index in [1.54, 1.807) is 0 Å². The maximum absolute atomic E-state index is 12.7. The predicted molar refractivity (Wildman–Crippen MR) is 76.8 cm³/mol.